The van der Waals surface area contributed by atoms with E-state index in [1.165, 1.54) is 0 Å². The lowest BCUT2D eigenvalue weighted by Crippen LogP contribution is -2.47. The van der Waals surface area contributed by atoms with Gasteiger partial charge < -0.3 is 10.1 Å². The number of carbonyl (C=O) groups is 1. The summed E-state index contributed by atoms with van der Waals surface area (Å²) in [4.78, 5) is 11.8. The van der Waals surface area contributed by atoms with Crippen molar-refractivity contribution in [2.45, 2.75) is 32.4 Å². The molecular formula is C13H15ClN2O2. The van der Waals surface area contributed by atoms with Crippen molar-refractivity contribution >= 4 is 17.5 Å². The number of nitrogens with zero attached hydrogens (tertiary/aromatic N) is 1. The number of nitriles is 1. The van der Waals surface area contributed by atoms with E-state index in [1.807, 2.05) is 6.07 Å². The Morgan fingerprint density at radius 2 is 2.22 bits per heavy atom. The third-order valence-electron chi connectivity index (χ3n) is 2.19. The average molecular weight is 267 g/mol. The lowest BCUT2D eigenvalue weighted by atomic mass is 10.1. The van der Waals surface area contributed by atoms with Crippen LogP contribution in [-0.4, -0.2) is 17.6 Å². The molecule has 1 amide bonds. The van der Waals surface area contributed by atoms with Crippen molar-refractivity contribution in [1.82, 2.24) is 5.32 Å². The molecule has 5 heteroatoms. The SMILES string of the molecule is CC(Oc1cccc(Cl)c1)C(=O)NC(C)(C)C#N. The summed E-state index contributed by atoms with van der Waals surface area (Å²) >= 11 is 5.81. The zero-order chi connectivity index (χ0) is 13.8. The second-order valence-electron chi connectivity index (χ2n) is 4.44. The second-order valence-corrected chi connectivity index (χ2v) is 4.88. The Kier molecular flexibility index (Phi) is 4.57. The fourth-order valence-corrected chi connectivity index (χ4v) is 1.42. The number of rotatable bonds is 4. The summed E-state index contributed by atoms with van der Waals surface area (Å²) in [5.41, 5.74) is -0.914. The Hall–Kier alpha value is -1.73. The van der Waals surface area contributed by atoms with Crippen LogP contribution in [0.4, 0.5) is 0 Å². The minimum Gasteiger partial charge on any atom is -0.481 e. The van der Waals surface area contributed by atoms with Crippen LogP contribution < -0.4 is 10.1 Å². The van der Waals surface area contributed by atoms with E-state index >= 15 is 0 Å². The van der Waals surface area contributed by atoms with Gasteiger partial charge in [-0.1, -0.05) is 17.7 Å². The minimum atomic E-state index is -0.914. The normalized spacial score (nSPS) is 12.4. The van der Waals surface area contributed by atoms with Gasteiger partial charge in [0.25, 0.3) is 5.91 Å². The lowest BCUT2D eigenvalue weighted by molar-refractivity contribution is -0.128. The van der Waals surface area contributed by atoms with E-state index < -0.39 is 11.6 Å². The molecule has 0 spiro atoms. The van der Waals surface area contributed by atoms with Gasteiger partial charge >= 0.3 is 0 Å². The highest BCUT2D eigenvalue weighted by molar-refractivity contribution is 6.30. The van der Waals surface area contributed by atoms with Crippen LogP contribution >= 0.6 is 11.6 Å². The predicted molar refractivity (Wildman–Crippen MR) is 69.4 cm³/mol. The van der Waals surface area contributed by atoms with Gasteiger partial charge in [-0.3, -0.25) is 4.79 Å². The number of amides is 1. The number of benzene rings is 1. The molecule has 0 heterocycles. The number of ether oxygens (including phenoxy) is 1. The van der Waals surface area contributed by atoms with Crippen LogP contribution in [0.25, 0.3) is 0 Å². The number of hydrogen-bond acceptors (Lipinski definition) is 3. The van der Waals surface area contributed by atoms with Crippen molar-refractivity contribution < 1.29 is 9.53 Å². The molecule has 1 atom stereocenters. The fourth-order valence-electron chi connectivity index (χ4n) is 1.24. The van der Waals surface area contributed by atoms with Crippen LogP contribution in [0.5, 0.6) is 5.75 Å². The Balaban J connectivity index is 2.64. The smallest absolute Gasteiger partial charge is 0.262 e. The highest BCUT2D eigenvalue weighted by Gasteiger charge is 2.23. The number of hydrogen-bond donors (Lipinski definition) is 1. The largest absolute Gasteiger partial charge is 0.481 e. The van der Waals surface area contributed by atoms with E-state index in [1.54, 1.807) is 45.0 Å². The molecule has 0 saturated heterocycles. The standard InChI is InChI=1S/C13H15ClN2O2/c1-9(12(17)16-13(2,3)8-15)18-11-6-4-5-10(14)7-11/h4-7,9H,1-3H3,(H,16,17). The molecule has 0 aromatic heterocycles. The molecule has 0 aliphatic rings. The molecule has 4 nitrogen and oxygen atoms in total. The molecule has 0 saturated carbocycles. The van der Waals surface area contributed by atoms with Gasteiger partial charge in [0.1, 0.15) is 11.3 Å². The van der Waals surface area contributed by atoms with Crippen molar-refractivity contribution in [2.24, 2.45) is 0 Å². The highest BCUT2D eigenvalue weighted by atomic mass is 35.5. The zero-order valence-electron chi connectivity index (χ0n) is 10.5. The Morgan fingerprint density at radius 1 is 1.56 bits per heavy atom. The van der Waals surface area contributed by atoms with Gasteiger partial charge in [-0.05, 0) is 39.0 Å². The maximum absolute atomic E-state index is 11.8. The molecule has 1 aromatic carbocycles. The van der Waals surface area contributed by atoms with E-state index in [0.29, 0.717) is 10.8 Å². The molecule has 1 N–H and O–H groups in total. The van der Waals surface area contributed by atoms with Crippen molar-refractivity contribution in [3.05, 3.63) is 29.3 Å². The quantitative estimate of drug-likeness (QED) is 0.911. The number of nitrogens with one attached hydrogen (secondary N) is 1. The summed E-state index contributed by atoms with van der Waals surface area (Å²) in [6.45, 7) is 4.86. The van der Waals surface area contributed by atoms with E-state index in [4.69, 9.17) is 21.6 Å². The molecule has 18 heavy (non-hydrogen) atoms. The van der Waals surface area contributed by atoms with Crippen LogP contribution in [0.15, 0.2) is 24.3 Å². The third-order valence-corrected chi connectivity index (χ3v) is 2.43. The monoisotopic (exact) mass is 266 g/mol. The first-order valence-electron chi connectivity index (χ1n) is 5.49. The molecular weight excluding hydrogens is 252 g/mol. The van der Waals surface area contributed by atoms with Gasteiger partial charge in [-0.15, -0.1) is 0 Å². The van der Waals surface area contributed by atoms with Gasteiger partial charge in [0, 0.05) is 5.02 Å². The molecule has 96 valence electrons. The van der Waals surface area contributed by atoms with E-state index in [9.17, 15) is 4.79 Å². The van der Waals surface area contributed by atoms with Crippen molar-refractivity contribution in [3.8, 4) is 11.8 Å². The van der Waals surface area contributed by atoms with Gasteiger partial charge in [-0.2, -0.15) is 5.26 Å². The maximum Gasteiger partial charge on any atom is 0.262 e. The number of carbonyl (C=O) groups excluding carboxylic acids is 1. The van der Waals surface area contributed by atoms with Crippen LogP contribution in [0.1, 0.15) is 20.8 Å². The molecule has 1 aromatic rings. The van der Waals surface area contributed by atoms with Crippen LogP contribution in [-0.2, 0) is 4.79 Å². The lowest BCUT2D eigenvalue weighted by Gasteiger charge is -2.21. The van der Waals surface area contributed by atoms with E-state index in [0.717, 1.165) is 0 Å². The molecule has 1 unspecified atom stereocenters. The highest BCUT2D eigenvalue weighted by Crippen LogP contribution is 2.18. The molecule has 0 aliphatic heterocycles. The summed E-state index contributed by atoms with van der Waals surface area (Å²) < 4.78 is 5.44. The maximum atomic E-state index is 11.8. The summed E-state index contributed by atoms with van der Waals surface area (Å²) in [5, 5.41) is 11.9. The van der Waals surface area contributed by atoms with Gasteiger partial charge in [0.15, 0.2) is 6.10 Å². The predicted octanol–water partition coefficient (Wildman–Crippen LogP) is 2.53. The first-order chi connectivity index (χ1) is 8.34. The van der Waals surface area contributed by atoms with Crippen molar-refractivity contribution in [2.75, 3.05) is 0 Å². The second kappa shape index (κ2) is 5.74. The van der Waals surface area contributed by atoms with Gasteiger partial charge in [0.2, 0.25) is 0 Å². The van der Waals surface area contributed by atoms with E-state index in [2.05, 4.69) is 5.32 Å². The summed E-state index contributed by atoms with van der Waals surface area (Å²) in [6, 6.07) is 8.79. The zero-order valence-corrected chi connectivity index (χ0v) is 11.3. The van der Waals surface area contributed by atoms with Crippen LogP contribution in [0.2, 0.25) is 5.02 Å². The van der Waals surface area contributed by atoms with Crippen molar-refractivity contribution in [3.63, 3.8) is 0 Å². The summed E-state index contributed by atoms with van der Waals surface area (Å²) in [7, 11) is 0. The summed E-state index contributed by atoms with van der Waals surface area (Å²) in [6.07, 6.45) is -0.698. The van der Waals surface area contributed by atoms with Crippen LogP contribution in [0, 0.1) is 11.3 Å². The Labute approximate surface area is 112 Å². The fraction of sp³-hybridized carbons (Fsp3) is 0.385. The van der Waals surface area contributed by atoms with Gasteiger partial charge in [0.05, 0.1) is 6.07 Å². The van der Waals surface area contributed by atoms with Gasteiger partial charge in [-0.25, -0.2) is 0 Å². The topological polar surface area (TPSA) is 62.1 Å². The third kappa shape index (κ3) is 4.27. The summed E-state index contributed by atoms with van der Waals surface area (Å²) in [5.74, 6) is 0.168. The van der Waals surface area contributed by atoms with E-state index in [-0.39, 0.29) is 5.91 Å². The molecule has 0 aliphatic carbocycles. The minimum absolute atomic E-state index is 0.346. The number of halogens is 1. The van der Waals surface area contributed by atoms with Crippen LogP contribution in [0.3, 0.4) is 0 Å². The molecule has 1 rings (SSSR count). The Bertz CT molecular complexity index is 480. The molecule has 0 bridgehead atoms. The first-order valence-corrected chi connectivity index (χ1v) is 5.87. The Morgan fingerprint density at radius 3 is 2.78 bits per heavy atom. The first kappa shape index (κ1) is 14.3. The molecule has 0 fully saturated rings. The molecule has 0 radical (unpaired) electrons. The van der Waals surface area contributed by atoms with Crippen molar-refractivity contribution in [1.29, 1.82) is 5.26 Å². The average Bonchev–Trinajstić information content (AvgIpc) is 2.28.